The first-order chi connectivity index (χ1) is 16.3. The number of nitrogens with two attached hydrogens (primary N) is 1. The number of piperidine rings is 1. The lowest BCUT2D eigenvalue weighted by Gasteiger charge is -2.40. The Hall–Kier alpha value is -2.91. The van der Waals surface area contributed by atoms with E-state index in [1.54, 1.807) is 35.9 Å². The molecule has 0 aliphatic carbocycles. The molecule has 1 fully saturated rings. The summed E-state index contributed by atoms with van der Waals surface area (Å²) in [5, 5.41) is 13.2. The second kappa shape index (κ2) is 10.1. The van der Waals surface area contributed by atoms with E-state index in [-0.39, 0.29) is 5.54 Å². The fourth-order valence-corrected chi connectivity index (χ4v) is 4.39. The molecule has 10 heteroatoms. The fraction of sp³-hybridized carbons (Fsp3) is 0.292. The molecule has 2 aromatic carbocycles. The molecule has 8 nitrogen and oxygen atoms in total. The van der Waals surface area contributed by atoms with Gasteiger partial charge >= 0.3 is 0 Å². The number of hydroxylamine groups is 1. The highest BCUT2D eigenvalue weighted by atomic mass is 35.5. The number of aromatic nitrogens is 2. The summed E-state index contributed by atoms with van der Waals surface area (Å²) < 4.78 is 0. The van der Waals surface area contributed by atoms with E-state index >= 15 is 0 Å². The molecule has 0 bridgehead atoms. The molecule has 1 saturated heterocycles. The van der Waals surface area contributed by atoms with Gasteiger partial charge in [-0.05, 0) is 43.5 Å². The summed E-state index contributed by atoms with van der Waals surface area (Å²) in [5.41, 5.74) is 10.5. The van der Waals surface area contributed by atoms with Crippen LogP contribution in [0.4, 0.5) is 11.6 Å². The monoisotopic (exact) mass is 500 g/mol. The summed E-state index contributed by atoms with van der Waals surface area (Å²) >= 11 is 12.4. The third kappa shape index (κ3) is 5.26. The third-order valence-electron chi connectivity index (χ3n) is 6.22. The van der Waals surface area contributed by atoms with Gasteiger partial charge in [0.25, 0.3) is 5.91 Å². The van der Waals surface area contributed by atoms with Gasteiger partial charge < -0.3 is 16.0 Å². The van der Waals surface area contributed by atoms with E-state index in [1.807, 2.05) is 18.2 Å². The van der Waals surface area contributed by atoms with Crippen LogP contribution >= 0.6 is 23.2 Å². The standard InChI is InChI=1S/C24H26Cl2N6O2/c1-24(29-13-15-5-7-16(8-6-15)23(33)31-34)9-11-32(12-10-24)19-14-28-21(22(27)30-19)17-3-2-4-18(25)20(17)26/h2-8,14,29,34H,9-13H2,1H3,(H2,27,30)(H,31,33). The summed E-state index contributed by atoms with van der Waals surface area (Å²) in [7, 11) is 0. The van der Waals surface area contributed by atoms with Crippen LogP contribution in [0.3, 0.4) is 0 Å². The van der Waals surface area contributed by atoms with Crippen LogP contribution in [-0.2, 0) is 6.54 Å². The van der Waals surface area contributed by atoms with E-state index < -0.39 is 5.91 Å². The number of nitrogen functional groups attached to an aromatic ring is 1. The normalized spacial score (nSPS) is 15.2. The lowest BCUT2D eigenvalue weighted by atomic mass is 9.89. The van der Waals surface area contributed by atoms with Crippen LogP contribution in [0, 0.1) is 0 Å². The van der Waals surface area contributed by atoms with Crippen LogP contribution in [-0.4, -0.2) is 39.7 Å². The van der Waals surface area contributed by atoms with E-state index in [0.29, 0.717) is 39.2 Å². The van der Waals surface area contributed by atoms with Gasteiger partial charge in [0.05, 0.1) is 16.2 Å². The Bertz CT molecular complexity index is 1180. The predicted octanol–water partition coefficient (Wildman–Crippen LogP) is 4.30. The quantitative estimate of drug-likeness (QED) is 0.294. The second-order valence-corrected chi connectivity index (χ2v) is 9.39. The molecule has 0 spiro atoms. The van der Waals surface area contributed by atoms with Crippen LogP contribution < -0.4 is 21.4 Å². The predicted molar refractivity (Wildman–Crippen MR) is 134 cm³/mol. The average molecular weight is 501 g/mol. The molecule has 2 heterocycles. The number of hydrogen-bond acceptors (Lipinski definition) is 7. The molecule has 178 valence electrons. The van der Waals surface area contributed by atoms with Gasteiger partial charge in [0.2, 0.25) is 0 Å². The van der Waals surface area contributed by atoms with Crippen LogP contribution in [0.5, 0.6) is 0 Å². The van der Waals surface area contributed by atoms with E-state index in [0.717, 1.165) is 37.3 Å². The van der Waals surface area contributed by atoms with Crippen molar-refractivity contribution in [2.75, 3.05) is 23.7 Å². The van der Waals surface area contributed by atoms with E-state index in [1.165, 1.54) is 0 Å². The molecule has 1 aromatic heterocycles. The second-order valence-electron chi connectivity index (χ2n) is 8.60. The Morgan fingerprint density at radius 2 is 1.88 bits per heavy atom. The summed E-state index contributed by atoms with van der Waals surface area (Å²) in [4.78, 5) is 22.8. The van der Waals surface area contributed by atoms with Crippen molar-refractivity contribution in [1.82, 2.24) is 20.8 Å². The minimum atomic E-state index is -0.522. The molecule has 0 radical (unpaired) electrons. The van der Waals surface area contributed by atoms with Crippen LogP contribution in [0.1, 0.15) is 35.7 Å². The first kappa shape index (κ1) is 24.2. The topological polar surface area (TPSA) is 116 Å². The van der Waals surface area contributed by atoms with Crippen molar-refractivity contribution in [3.8, 4) is 11.3 Å². The Morgan fingerprint density at radius 1 is 1.18 bits per heavy atom. The summed E-state index contributed by atoms with van der Waals surface area (Å²) in [6, 6.07) is 12.5. The van der Waals surface area contributed by atoms with E-state index in [2.05, 4.69) is 27.1 Å². The molecule has 0 unspecified atom stereocenters. The maximum Gasteiger partial charge on any atom is 0.274 e. The van der Waals surface area contributed by atoms with E-state index in [9.17, 15) is 4.79 Å². The smallest absolute Gasteiger partial charge is 0.274 e. The Labute approximate surface area is 208 Å². The Morgan fingerprint density at radius 3 is 2.53 bits per heavy atom. The number of benzene rings is 2. The number of carbonyl (C=O) groups is 1. The first-order valence-corrected chi connectivity index (χ1v) is 11.7. The Balaban J connectivity index is 1.37. The highest BCUT2D eigenvalue weighted by molar-refractivity contribution is 6.43. The van der Waals surface area contributed by atoms with Crippen molar-refractivity contribution < 1.29 is 10.0 Å². The number of hydrogen-bond donors (Lipinski definition) is 4. The van der Waals surface area contributed by atoms with Crippen molar-refractivity contribution >= 4 is 40.7 Å². The minimum absolute atomic E-state index is 0.0368. The van der Waals surface area contributed by atoms with Crippen LogP contribution in [0.25, 0.3) is 11.3 Å². The van der Waals surface area contributed by atoms with Gasteiger partial charge in [0.1, 0.15) is 11.5 Å². The van der Waals surface area contributed by atoms with Crippen LogP contribution in [0.15, 0.2) is 48.7 Å². The number of halogens is 2. The number of nitrogens with zero attached hydrogens (tertiary/aromatic N) is 3. The highest BCUT2D eigenvalue weighted by Gasteiger charge is 2.30. The lowest BCUT2D eigenvalue weighted by Crippen LogP contribution is -2.51. The van der Waals surface area contributed by atoms with Crippen molar-refractivity contribution in [3.63, 3.8) is 0 Å². The highest BCUT2D eigenvalue weighted by Crippen LogP contribution is 2.35. The molecule has 1 aliphatic heterocycles. The van der Waals surface area contributed by atoms with Gasteiger partial charge in [0, 0.05) is 36.3 Å². The van der Waals surface area contributed by atoms with Crippen LogP contribution in [0.2, 0.25) is 10.0 Å². The molecule has 0 saturated carbocycles. The van der Waals surface area contributed by atoms with Gasteiger partial charge in [0.15, 0.2) is 5.82 Å². The van der Waals surface area contributed by atoms with Crippen molar-refractivity contribution in [3.05, 3.63) is 69.8 Å². The lowest BCUT2D eigenvalue weighted by molar-refractivity contribution is 0.0706. The fourth-order valence-electron chi connectivity index (χ4n) is 4.00. The number of carbonyl (C=O) groups excluding carboxylic acids is 1. The molecule has 4 rings (SSSR count). The van der Waals surface area contributed by atoms with Crippen molar-refractivity contribution in [1.29, 1.82) is 0 Å². The van der Waals surface area contributed by atoms with Gasteiger partial charge in [-0.1, -0.05) is 47.5 Å². The van der Waals surface area contributed by atoms with Gasteiger partial charge in [-0.3, -0.25) is 10.0 Å². The third-order valence-corrected chi connectivity index (χ3v) is 7.04. The molecular weight excluding hydrogens is 475 g/mol. The summed E-state index contributed by atoms with van der Waals surface area (Å²) in [6.07, 6.45) is 3.56. The van der Waals surface area contributed by atoms with Crippen molar-refractivity contribution in [2.24, 2.45) is 0 Å². The maximum absolute atomic E-state index is 11.5. The maximum atomic E-state index is 11.5. The summed E-state index contributed by atoms with van der Waals surface area (Å²) in [6.45, 7) is 4.51. The molecule has 3 aromatic rings. The zero-order valence-corrected chi connectivity index (χ0v) is 20.2. The zero-order valence-electron chi connectivity index (χ0n) is 18.7. The number of rotatable bonds is 6. The number of nitrogens with one attached hydrogen (secondary N) is 2. The summed E-state index contributed by atoms with van der Waals surface area (Å²) in [5.74, 6) is 0.525. The molecule has 1 aliphatic rings. The molecule has 5 N–H and O–H groups in total. The largest absolute Gasteiger partial charge is 0.382 e. The van der Waals surface area contributed by atoms with Gasteiger partial charge in [-0.25, -0.2) is 15.4 Å². The van der Waals surface area contributed by atoms with Gasteiger partial charge in [-0.15, -0.1) is 0 Å². The SMILES string of the molecule is CC1(NCc2ccc(C(=O)NO)cc2)CCN(c2cnc(-c3cccc(Cl)c3Cl)c(N)n2)CC1. The zero-order chi connectivity index (χ0) is 24.3. The molecule has 1 amide bonds. The number of anilines is 2. The molecular formula is C24H26Cl2N6O2. The van der Waals surface area contributed by atoms with Crippen molar-refractivity contribution in [2.45, 2.75) is 31.8 Å². The van der Waals surface area contributed by atoms with Gasteiger partial charge in [-0.2, -0.15) is 0 Å². The average Bonchev–Trinajstić information content (AvgIpc) is 2.85. The Kier molecular flexibility index (Phi) is 7.23. The minimum Gasteiger partial charge on any atom is -0.382 e. The first-order valence-electron chi connectivity index (χ1n) is 10.9. The molecule has 34 heavy (non-hydrogen) atoms. The number of amides is 1. The van der Waals surface area contributed by atoms with E-state index in [4.69, 9.17) is 34.1 Å². The molecule has 0 atom stereocenters.